The third kappa shape index (κ3) is 3.55. The van der Waals surface area contributed by atoms with E-state index in [1.165, 1.54) is 30.3 Å². The minimum atomic E-state index is -0.631. The average Bonchev–Trinajstić information content (AvgIpc) is 3.17. The summed E-state index contributed by atoms with van der Waals surface area (Å²) in [6.07, 6.45) is 0.625. The number of hydrogen-bond acceptors (Lipinski definition) is 5. The van der Waals surface area contributed by atoms with E-state index in [-0.39, 0.29) is 22.5 Å². The Balaban J connectivity index is 1.84. The molecule has 1 heterocycles. The highest BCUT2D eigenvalue weighted by Crippen LogP contribution is 2.32. The van der Waals surface area contributed by atoms with E-state index in [1.54, 1.807) is 24.3 Å². The second-order valence-corrected chi connectivity index (χ2v) is 6.46. The van der Waals surface area contributed by atoms with Crippen LogP contribution in [0.5, 0.6) is 0 Å². The maximum absolute atomic E-state index is 13.7. The van der Waals surface area contributed by atoms with Crippen LogP contribution in [0.4, 0.5) is 15.8 Å². The number of anilines is 2. The number of carbonyl (C=O) groups excluding carboxylic acids is 3. The van der Waals surface area contributed by atoms with Gasteiger partial charge in [0.05, 0.1) is 11.4 Å². The molecule has 0 saturated heterocycles. The molecule has 0 unspecified atom stereocenters. The lowest BCUT2D eigenvalue weighted by Crippen LogP contribution is -2.21. The highest BCUT2D eigenvalue weighted by molar-refractivity contribution is 6.32. The SMILES string of the molecule is O=Cc1cccc(C(=O)C(C(=O)c2cccc(F)c2)=C2Nc3ccccc3N2)c1. The fourth-order valence-corrected chi connectivity index (χ4v) is 3.13. The third-order valence-electron chi connectivity index (χ3n) is 4.52. The Morgan fingerprint density at radius 2 is 1.34 bits per heavy atom. The van der Waals surface area contributed by atoms with Crippen LogP contribution in [0.15, 0.2) is 84.2 Å². The summed E-state index contributed by atoms with van der Waals surface area (Å²) in [4.78, 5) is 37.6. The Bertz CT molecular complexity index is 1160. The molecule has 0 atom stereocenters. The molecule has 0 bridgehead atoms. The Labute approximate surface area is 165 Å². The van der Waals surface area contributed by atoms with E-state index in [0.717, 1.165) is 6.07 Å². The molecular weight excluding hydrogens is 371 g/mol. The summed E-state index contributed by atoms with van der Waals surface area (Å²) in [5.41, 5.74) is 1.79. The highest BCUT2D eigenvalue weighted by atomic mass is 19.1. The van der Waals surface area contributed by atoms with Crippen LogP contribution in [-0.2, 0) is 0 Å². The smallest absolute Gasteiger partial charge is 0.200 e. The van der Waals surface area contributed by atoms with Crippen LogP contribution in [0.1, 0.15) is 31.1 Å². The standard InChI is InChI=1S/C23H15FN2O3/c24-17-8-4-7-16(12-17)22(29)20(21(28)15-6-3-5-14(11-15)13-27)23-25-18-9-1-2-10-19(18)26-23/h1-13,25-26H. The van der Waals surface area contributed by atoms with Crippen molar-refractivity contribution in [2.45, 2.75) is 0 Å². The van der Waals surface area contributed by atoms with Crippen LogP contribution in [0.3, 0.4) is 0 Å². The van der Waals surface area contributed by atoms with Crippen molar-refractivity contribution in [3.05, 3.63) is 107 Å². The fourth-order valence-electron chi connectivity index (χ4n) is 3.13. The van der Waals surface area contributed by atoms with Gasteiger partial charge in [0.25, 0.3) is 0 Å². The molecule has 4 rings (SSSR count). The van der Waals surface area contributed by atoms with Gasteiger partial charge in [-0.2, -0.15) is 0 Å². The number of benzene rings is 3. The van der Waals surface area contributed by atoms with Gasteiger partial charge in [0.1, 0.15) is 23.5 Å². The maximum atomic E-state index is 13.7. The molecule has 3 aromatic carbocycles. The Hall–Kier alpha value is -4.06. The normalized spacial score (nSPS) is 11.8. The first-order valence-corrected chi connectivity index (χ1v) is 8.84. The molecular formula is C23H15FN2O3. The van der Waals surface area contributed by atoms with Crippen LogP contribution in [0.25, 0.3) is 0 Å². The summed E-state index contributed by atoms with van der Waals surface area (Å²) in [6, 6.07) is 18.5. The van der Waals surface area contributed by atoms with Crippen molar-refractivity contribution in [2.75, 3.05) is 10.6 Å². The molecule has 1 aliphatic heterocycles. The number of rotatable bonds is 5. The molecule has 2 N–H and O–H groups in total. The van der Waals surface area contributed by atoms with Gasteiger partial charge in [-0.3, -0.25) is 14.4 Å². The molecule has 0 aliphatic carbocycles. The summed E-state index contributed by atoms with van der Waals surface area (Å²) >= 11 is 0. The zero-order chi connectivity index (χ0) is 20.4. The first-order chi connectivity index (χ1) is 14.1. The number of hydrogen-bond donors (Lipinski definition) is 2. The second-order valence-electron chi connectivity index (χ2n) is 6.46. The first kappa shape index (κ1) is 18.3. The van der Waals surface area contributed by atoms with Crippen LogP contribution < -0.4 is 10.6 Å². The van der Waals surface area contributed by atoms with Crippen molar-refractivity contribution < 1.29 is 18.8 Å². The number of nitrogens with one attached hydrogen (secondary N) is 2. The summed E-state index contributed by atoms with van der Waals surface area (Å²) in [5, 5.41) is 6.09. The monoisotopic (exact) mass is 386 g/mol. The largest absolute Gasteiger partial charge is 0.339 e. The summed E-state index contributed by atoms with van der Waals surface area (Å²) in [7, 11) is 0. The summed E-state index contributed by atoms with van der Waals surface area (Å²) < 4.78 is 13.7. The molecule has 142 valence electrons. The van der Waals surface area contributed by atoms with E-state index in [0.29, 0.717) is 23.2 Å². The van der Waals surface area contributed by atoms with Gasteiger partial charge in [0.15, 0.2) is 0 Å². The van der Waals surface area contributed by atoms with Gasteiger partial charge in [-0.1, -0.05) is 42.5 Å². The first-order valence-electron chi connectivity index (χ1n) is 8.84. The predicted molar refractivity (Wildman–Crippen MR) is 108 cm³/mol. The maximum Gasteiger partial charge on any atom is 0.200 e. The number of fused-ring (bicyclic) bond motifs is 1. The van der Waals surface area contributed by atoms with Crippen LogP contribution in [0.2, 0.25) is 0 Å². The van der Waals surface area contributed by atoms with Gasteiger partial charge in [0, 0.05) is 16.7 Å². The van der Waals surface area contributed by atoms with Gasteiger partial charge in [0.2, 0.25) is 11.6 Å². The molecule has 5 nitrogen and oxygen atoms in total. The topological polar surface area (TPSA) is 75.3 Å². The molecule has 0 aromatic heterocycles. The molecule has 0 radical (unpaired) electrons. The number of halogens is 1. The van der Waals surface area contributed by atoms with Crippen LogP contribution in [0, 0.1) is 5.82 Å². The molecule has 0 spiro atoms. The Morgan fingerprint density at radius 3 is 1.93 bits per heavy atom. The zero-order valence-corrected chi connectivity index (χ0v) is 15.1. The van der Waals surface area contributed by atoms with E-state index in [9.17, 15) is 18.8 Å². The molecule has 0 amide bonds. The van der Waals surface area contributed by atoms with E-state index in [1.807, 2.05) is 12.1 Å². The van der Waals surface area contributed by atoms with Gasteiger partial charge < -0.3 is 10.6 Å². The molecule has 6 heteroatoms. The van der Waals surface area contributed by atoms with E-state index in [2.05, 4.69) is 10.6 Å². The van der Waals surface area contributed by atoms with Crippen LogP contribution in [-0.4, -0.2) is 17.9 Å². The molecule has 1 aliphatic rings. The molecule has 0 fully saturated rings. The van der Waals surface area contributed by atoms with Crippen molar-refractivity contribution in [3.8, 4) is 0 Å². The lowest BCUT2D eigenvalue weighted by Gasteiger charge is -2.11. The van der Waals surface area contributed by atoms with E-state index in [4.69, 9.17) is 0 Å². The van der Waals surface area contributed by atoms with Crippen molar-refractivity contribution in [2.24, 2.45) is 0 Å². The van der Waals surface area contributed by atoms with Gasteiger partial charge in [-0.15, -0.1) is 0 Å². The van der Waals surface area contributed by atoms with Crippen molar-refractivity contribution in [1.29, 1.82) is 0 Å². The van der Waals surface area contributed by atoms with E-state index >= 15 is 0 Å². The summed E-state index contributed by atoms with van der Waals surface area (Å²) in [6.45, 7) is 0. The van der Waals surface area contributed by atoms with Crippen molar-refractivity contribution >= 4 is 29.2 Å². The predicted octanol–water partition coefficient (Wildman–Crippen LogP) is 4.45. The summed E-state index contributed by atoms with van der Waals surface area (Å²) in [5.74, 6) is -1.58. The molecule has 29 heavy (non-hydrogen) atoms. The van der Waals surface area contributed by atoms with Gasteiger partial charge in [-0.25, -0.2) is 4.39 Å². The van der Waals surface area contributed by atoms with Gasteiger partial charge in [-0.05, 0) is 30.3 Å². The van der Waals surface area contributed by atoms with Crippen LogP contribution >= 0.6 is 0 Å². The van der Waals surface area contributed by atoms with Crippen molar-refractivity contribution in [3.63, 3.8) is 0 Å². The quantitative estimate of drug-likeness (QED) is 0.223. The Kier molecular flexibility index (Phi) is 4.75. The molecule has 0 saturated carbocycles. The number of carbonyl (C=O) groups is 3. The van der Waals surface area contributed by atoms with Crippen molar-refractivity contribution in [1.82, 2.24) is 0 Å². The number of Topliss-reactive ketones (excluding diaryl/α,β-unsaturated/α-hetero) is 2. The van der Waals surface area contributed by atoms with E-state index < -0.39 is 17.4 Å². The number of para-hydroxylation sites is 2. The lowest BCUT2D eigenvalue weighted by molar-refractivity contribution is 0.0960. The highest BCUT2D eigenvalue weighted by Gasteiger charge is 2.29. The second kappa shape index (κ2) is 7.52. The minimum absolute atomic E-state index is 0.0481. The fraction of sp³-hybridized carbons (Fsp3) is 0. The third-order valence-corrected chi connectivity index (χ3v) is 4.52. The Morgan fingerprint density at radius 1 is 0.759 bits per heavy atom. The minimum Gasteiger partial charge on any atom is -0.339 e. The lowest BCUT2D eigenvalue weighted by atomic mass is 9.94. The zero-order valence-electron chi connectivity index (χ0n) is 15.1. The average molecular weight is 386 g/mol. The molecule has 3 aromatic rings. The van der Waals surface area contributed by atoms with Gasteiger partial charge >= 0.3 is 0 Å². The number of aldehydes is 1. The number of ketones is 2. The number of allylic oxidation sites excluding steroid dienone is 1.